The van der Waals surface area contributed by atoms with Crippen molar-refractivity contribution in [3.05, 3.63) is 11.6 Å². The van der Waals surface area contributed by atoms with E-state index in [1.807, 2.05) is 51.0 Å². The van der Waals surface area contributed by atoms with Gasteiger partial charge in [0.2, 0.25) is 0 Å². The van der Waals surface area contributed by atoms with Crippen LogP contribution in [0.25, 0.3) is 0 Å². The molecule has 1 heterocycles. The van der Waals surface area contributed by atoms with Gasteiger partial charge in [-0.05, 0) is 6.42 Å². The normalized spacial score (nSPS) is 7.77. The van der Waals surface area contributed by atoms with Gasteiger partial charge in [0.05, 0.1) is 0 Å². The number of hydrogen-bond donors (Lipinski definition) is 0. The molecule has 78 valence electrons. The van der Waals surface area contributed by atoms with Gasteiger partial charge in [0.15, 0.2) is 0 Å². The van der Waals surface area contributed by atoms with Gasteiger partial charge in [-0.3, -0.25) is 0 Å². The second-order valence-electron chi connectivity index (χ2n) is 1.65. The molecule has 0 aliphatic heterocycles. The van der Waals surface area contributed by atoms with Crippen molar-refractivity contribution < 1.29 is 0 Å². The number of rotatable bonds is 3. The van der Waals surface area contributed by atoms with E-state index in [1.54, 1.807) is 11.3 Å². The molecule has 3 heteroatoms. The van der Waals surface area contributed by atoms with Gasteiger partial charge in [-0.2, -0.15) is 0 Å². The van der Waals surface area contributed by atoms with Crippen LogP contribution >= 0.6 is 23.1 Å². The molecule has 0 N–H and O–H groups in total. The van der Waals surface area contributed by atoms with Crippen LogP contribution in [0.15, 0.2) is 15.9 Å². The Bertz CT molecular complexity index is 150. The first-order valence-corrected chi connectivity index (χ1v) is 6.82. The highest BCUT2D eigenvalue weighted by Crippen LogP contribution is 2.20. The fourth-order valence-corrected chi connectivity index (χ4v) is 2.03. The Kier molecular flexibility index (Phi) is 17.2. The zero-order valence-corrected chi connectivity index (χ0v) is 11.0. The summed E-state index contributed by atoms with van der Waals surface area (Å²) in [5.41, 5.74) is 0. The maximum Gasteiger partial charge on any atom is 0.149 e. The van der Waals surface area contributed by atoms with Crippen LogP contribution in [0.2, 0.25) is 0 Å². The first kappa shape index (κ1) is 15.5. The first-order chi connectivity index (χ1) is 6.43. The molecule has 0 fully saturated rings. The first-order valence-electron chi connectivity index (χ1n) is 4.95. The minimum atomic E-state index is 1.19. The Morgan fingerprint density at radius 1 is 1.31 bits per heavy atom. The van der Waals surface area contributed by atoms with E-state index in [0.717, 1.165) is 0 Å². The molecular formula is C10H21NS2. The lowest BCUT2D eigenvalue weighted by Gasteiger charge is -1.89. The van der Waals surface area contributed by atoms with Gasteiger partial charge in [-0.1, -0.05) is 46.4 Å². The van der Waals surface area contributed by atoms with E-state index in [-0.39, 0.29) is 0 Å². The zero-order chi connectivity index (χ0) is 10.5. The van der Waals surface area contributed by atoms with Crippen molar-refractivity contribution >= 4 is 23.1 Å². The molecule has 0 spiro atoms. The second-order valence-corrected chi connectivity index (χ2v) is 3.88. The SMILES string of the molecule is CC.CC.CCCSc1nccs1. The van der Waals surface area contributed by atoms with Gasteiger partial charge >= 0.3 is 0 Å². The quantitative estimate of drug-likeness (QED) is 0.684. The van der Waals surface area contributed by atoms with Gasteiger partial charge < -0.3 is 0 Å². The largest absolute Gasteiger partial charge is 0.238 e. The van der Waals surface area contributed by atoms with E-state index in [9.17, 15) is 0 Å². The van der Waals surface area contributed by atoms with Crippen LogP contribution in [-0.4, -0.2) is 10.7 Å². The smallest absolute Gasteiger partial charge is 0.149 e. The summed E-state index contributed by atoms with van der Waals surface area (Å²) in [4.78, 5) is 4.14. The molecule has 13 heavy (non-hydrogen) atoms. The van der Waals surface area contributed by atoms with Gasteiger partial charge in [-0.15, -0.1) is 11.3 Å². The minimum absolute atomic E-state index is 1.19. The monoisotopic (exact) mass is 219 g/mol. The van der Waals surface area contributed by atoms with Crippen molar-refractivity contribution in [2.24, 2.45) is 0 Å². The Morgan fingerprint density at radius 2 is 1.92 bits per heavy atom. The van der Waals surface area contributed by atoms with Crippen molar-refractivity contribution in [2.45, 2.75) is 45.4 Å². The van der Waals surface area contributed by atoms with Crippen molar-refractivity contribution in [2.75, 3.05) is 5.75 Å². The van der Waals surface area contributed by atoms with Gasteiger partial charge in [0, 0.05) is 17.3 Å². The van der Waals surface area contributed by atoms with Crippen molar-refractivity contribution in [1.82, 2.24) is 4.98 Å². The summed E-state index contributed by atoms with van der Waals surface area (Å²) in [5, 5.41) is 2.01. The number of hydrogen-bond acceptors (Lipinski definition) is 3. The molecule has 0 radical (unpaired) electrons. The van der Waals surface area contributed by atoms with Crippen LogP contribution in [0, 0.1) is 0 Å². The van der Waals surface area contributed by atoms with E-state index in [2.05, 4.69) is 11.9 Å². The number of nitrogens with zero attached hydrogens (tertiary/aromatic N) is 1. The van der Waals surface area contributed by atoms with Crippen LogP contribution in [0.5, 0.6) is 0 Å². The number of aromatic nitrogens is 1. The topological polar surface area (TPSA) is 12.9 Å². The van der Waals surface area contributed by atoms with E-state index < -0.39 is 0 Å². The van der Waals surface area contributed by atoms with Crippen LogP contribution in [-0.2, 0) is 0 Å². The van der Waals surface area contributed by atoms with Crippen molar-refractivity contribution in [1.29, 1.82) is 0 Å². The van der Waals surface area contributed by atoms with Crippen LogP contribution in [0.4, 0.5) is 0 Å². The predicted octanol–water partition coefficient (Wildman–Crippen LogP) is 4.70. The fourth-order valence-electron chi connectivity index (χ4n) is 0.471. The van der Waals surface area contributed by atoms with Gasteiger partial charge in [0.1, 0.15) is 4.34 Å². The second kappa shape index (κ2) is 14.5. The summed E-state index contributed by atoms with van der Waals surface area (Å²) in [6.45, 7) is 10.2. The molecule has 0 unspecified atom stereocenters. The highest BCUT2D eigenvalue weighted by atomic mass is 32.2. The number of thiazole rings is 1. The molecule has 0 saturated heterocycles. The summed E-state index contributed by atoms with van der Waals surface area (Å²) in [6, 6.07) is 0. The molecule has 1 nitrogen and oxygen atoms in total. The highest BCUT2D eigenvalue weighted by molar-refractivity contribution is 8.00. The summed E-state index contributed by atoms with van der Waals surface area (Å²) in [7, 11) is 0. The molecule has 1 aromatic heterocycles. The average Bonchev–Trinajstić information content (AvgIpc) is 2.73. The zero-order valence-electron chi connectivity index (χ0n) is 9.33. The molecule has 1 rings (SSSR count). The molecule has 1 aromatic rings. The predicted molar refractivity (Wildman–Crippen MR) is 65.8 cm³/mol. The van der Waals surface area contributed by atoms with E-state index in [0.29, 0.717) is 0 Å². The van der Waals surface area contributed by atoms with E-state index in [4.69, 9.17) is 0 Å². The average molecular weight is 219 g/mol. The van der Waals surface area contributed by atoms with Crippen LogP contribution in [0.1, 0.15) is 41.0 Å². The Hall–Kier alpha value is -0.0200. The van der Waals surface area contributed by atoms with E-state index >= 15 is 0 Å². The third-order valence-corrected chi connectivity index (χ3v) is 3.01. The van der Waals surface area contributed by atoms with Crippen molar-refractivity contribution in [3.63, 3.8) is 0 Å². The van der Waals surface area contributed by atoms with Crippen molar-refractivity contribution in [3.8, 4) is 0 Å². The lowest BCUT2D eigenvalue weighted by Crippen LogP contribution is -1.71. The Labute approximate surface area is 91.0 Å². The standard InChI is InChI=1S/C6H9NS2.2C2H6/c1-2-4-8-6-7-3-5-9-6;2*1-2/h3,5H,2,4H2,1H3;2*1-2H3. The van der Waals surface area contributed by atoms with Crippen LogP contribution in [0.3, 0.4) is 0 Å². The highest BCUT2D eigenvalue weighted by Gasteiger charge is 1.91. The summed E-state index contributed by atoms with van der Waals surface area (Å²) < 4.78 is 1.19. The molecule has 0 aliphatic carbocycles. The maximum atomic E-state index is 4.14. The summed E-state index contributed by atoms with van der Waals surface area (Å²) in [6.07, 6.45) is 3.08. The molecule has 0 saturated carbocycles. The maximum absolute atomic E-state index is 4.14. The minimum Gasteiger partial charge on any atom is -0.238 e. The molecule has 0 aromatic carbocycles. The lowest BCUT2D eigenvalue weighted by molar-refractivity contribution is 1.10. The molecule has 0 aliphatic rings. The third kappa shape index (κ3) is 9.90. The lowest BCUT2D eigenvalue weighted by atomic mass is 10.6. The molecular weight excluding hydrogens is 198 g/mol. The fraction of sp³-hybridized carbons (Fsp3) is 0.700. The van der Waals surface area contributed by atoms with Gasteiger partial charge in [-0.25, -0.2) is 4.98 Å². The van der Waals surface area contributed by atoms with Crippen LogP contribution < -0.4 is 0 Å². The molecule has 0 amide bonds. The van der Waals surface area contributed by atoms with Gasteiger partial charge in [0.25, 0.3) is 0 Å². The summed E-state index contributed by atoms with van der Waals surface area (Å²) >= 11 is 3.55. The summed E-state index contributed by atoms with van der Waals surface area (Å²) in [5.74, 6) is 1.19. The molecule has 0 atom stereocenters. The number of thioether (sulfide) groups is 1. The third-order valence-electron chi connectivity index (χ3n) is 0.839. The molecule has 0 bridgehead atoms. The Morgan fingerprint density at radius 3 is 2.31 bits per heavy atom. The van der Waals surface area contributed by atoms with E-state index in [1.165, 1.54) is 16.5 Å². The Balaban J connectivity index is 0.